The zero-order valence-electron chi connectivity index (χ0n) is 14.4. The summed E-state index contributed by atoms with van der Waals surface area (Å²) in [5.41, 5.74) is 2.75. The molecular formula is C19H19N5O2. The Bertz CT molecular complexity index is 909. The molecule has 0 radical (unpaired) electrons. The first-order valence-electron chi connectivity index (χ1n) is 8.49. The summed E-state index contributed by atoms with van der Waals surface area (Å²) >= 11 is 0. The smallest absolute Gasteiger partial charge is 0.316 e. The second-order valence-electron chi connectivity index (χ2n) is 6.32. The third kappa shape index (κ3) is 3.28. The van der Waals surface area contributed by atoms with E-state index in [1.165, 1.54) is 0 Å². The molecule has 1 amide bonds. The summed E-state index contributed by atoms with van der Waals surface area (Å²) in [4.78, 5) is 22.9. The molecule has 7 nitrogen and oxygen atoms in total. The van der Waals surface area contributed by atoms with E-state index in [4.69, 9.17) is 4.74 Å². The van der Waals surface area contributed by atoms with Gasteiger partial charge in [0.2, 0.25) is 0 Å². The van der Waals surface area contributed by atoms with Crippen LogP contribution in [0.2, 0.25) is 0 Å². The highest BCUT2D eigenvalue weighted by molar-refractivity contribution is 5.94. The minimum Gasteiger partial charge on any atom is -0.461 e. The number of aromatic nitrogens is 4. The molecule has 0 spiro atoms. The van der Waals surface area contributed by atoms with Crippen LogP contribution in [0.4, 0.5) is 0 Å². The van der Waals surface area contributed by atoms with E-state index in [1.54, 1.807) is 24.7 Å². The van der Waals surface area contributed by atoms with Crippen LogP contribution in [0, 0.1) is 6.92 Å². The lowest BCUT2D eigenvalue weighted by molar-refractivity contribution is 0.0629. The maximum Gasteiger partial charge on any atom is 0.316 e. The summed E-state index contributed by atoms with van der Waals surface area (Å²) in [7, 11) is 0. The Balaban J connectivity index is 1.53. The molecule has 26 heavy (non-hydrogen) atoms. The van der Waals surface area contributed by atoms with Crippen LogP contribution in [0.3, 0.4) is 0 Å². The molecule has 0 bridgehead atoms. The van der Waals surface area contributed by atoms with Crippen molar-refractivity contribution in [1.82, 2.24) is 24.6 Å². The van der Waals surface area contributed by atoms with Gasteiger partial charge in [-0.3, -0.25) is 9.48 Å². The fraction of sp³-hybridized carbons (Fsp3) is 0.263. The van der Waals surface area contributed by atoms with Gasteiger partial charge in [0.1, 0.15) is 12.6 Å². The average molecular weight is 349 g/mol. The molecule has 0 fully saturated rings. The number of carbonyl (C=O) groups excluding carboxylic acids is 1. The van der Waals surface area contributed by atoms with Crippen LogP contribution >= 0.6 is 0 Å². The van der Waals surface area contributed by atoms with E-state index >= 15 is 0 Å². The van der Waals surface area contributed by atoms with E-state index in [0.717, 1.165) is 11.3 Å². The largest absolute Gasteiger partial charge is 0.461 e. The van der Waals surface area contributed by atoms with Crippen LogP contribution in [0.15, 0.2) is 55.0 Å². The first-order chi connectivity index (χ1) is 12.7. The molecule has 3 aromatic rings. The third-order valence-corrected chi connectivity index (χ3v) is 4.38. The summed E-state index contributed by atoms with van der Waals surface area (Å²) in [6.45, 7) is 3.38. The highest BCUT2D eigenvalue weighted by atomic mass is 16.5. The van der Waals surface area contributed by atoms with Gasteiger partial charge >= 0.3 is 6.01 Å². The second kappa shape index (κ2) is 6.95. The normalized spacial score (nSPS) is 16.2. The van der Waals surface area contributed by atoms with Gasteiger partial charge < -0.3 is 9.64 Å². The number of rotatable bonds is 4. The van der Waals surface area contributed by atoms with Crippen LogP contribution in [0.25, 0.3) is 0 Å². The average Bonchev–Trinajstić information content (AvgIpc) is 3.15. The zero-order valence-corrected chi connectivity index (χ0v) is 14.4. The summed E-state index contributed by atoms with van der Waals surface area (Å²) in [5, 5.41) is 4.39. The Hall–Kier alpha value is -3.22. The number of amides is 1. The molecule has 0 aliphatic carbocycles. The number of hydrogen-bond acceptors (Lipinski definition) is 5. The quantitative estimate of drug-likeness (QED) is 0.722. The summed E-state index contributed by atoms with van der Waals surface area (Å²) in [5.74, 6) is 0.0158. The van der Waals surface area contributed by atoms with Gasteiger partial charge in [0.15, 0.2) is 0 Å². The van der Waals surface area contributed by atoms with E-state index in [-0.39, 0.29) is 11.9 Å². The van der Waals surface area contributed by atoms with Crippen molar-refractivity contribution in [3.63, 3.8) is 0 Å². The highest BCUT2D eigenvalue weighted by Gasteiger charge is 2.29. The molecule has 4 rings (SSSR count). The predicted molar refractivity (Wildman–Crippen MR) is 94.7 cm³/mol. The van der Waals surface area contributed by atoms with Gasteiger partial charge in [-0.25, -0.2) is 9.97 Å². The van der Waals surface area contributed by atoms with Gasteiger partial charge in [-0.15, -0.1) is 0 Å². The molecule has 0 saturated heterocycles. The first kappa shape index (κ1) is 16.3. The molecule has 1 aliphatic rings. The highest BCUT2D eigenvalue weighted by Crippen LogP contribution is 2.23. The Morgan fingerprint density at radius 1 is 1.19 bits per heavy atom. The van der Waals surface area contributed by atoms with Crippen molar-refractivity contribution in [3.8, 4) is 6.01 Å². The van der Waals surface area contributed by atoms with Crippen molar-refractivity contribution < 1.29 is 9.53 Å². The Kier molecular flexibility index (Phi) is 4.35. The van der Waals surface area contributed by atoms with E-state index in [9.17, 15) is 4.79 Å². The number of benzene rings is 1. The van der Waals surface area contributed by atoms with Crippen LogP contribution < -0.4 is 4.74 Å². The van der Waals surface area contributed by atoms with Gasteiger partial charge in [-0.1, -0.05) is 17.7 Å². The van der Waals surface area contributed by atoms with E-state index in [0.29, 0.717) is 31.3 Å². The first-order valence-corrected chi connectivity index (χ1v) is 8.49. The number of nitrogens with zero attached hydrogens (tertiary/aromatic N) is 5. The number of carbonyl (C=O) groups is 1. The van der Waals surface area contributed by atoms with E-state index < -0.39 is 0 Å². The molecule has 1 aromatic carbocycles. The maximum atomic E-state index is 12.9. The third-order valence-electron chi connectivity index (χ3n) is 4.38. The van der Waals surface area contributed by atoms with Crippen molar-refractivity contribution in [2.75, 3.05) is 13.2 Å². The van der Waals surface area contributed by atoms with Gasteiger partial charge in [-0.05, 0) is 31.2 Å². The molecule has 0 unspecified atom stereocenters. The van der Waals surface area contributed by atoms with Crippen molar-refractivity contribution in [3.05, 3.63) is 71.8 Å². The fourth-order valence-corrected chi connectivity index (χ4v) is 3.16. The van der Waals surface area contributed by atoms with Gasteiger partial charge in [0.05, 0.1) is 12.2 Å². The molecular weight excluding hydrogens is 330 g/mol. The van der Waals surface area contributed by atoms with Crippen LogP contribution in [0.1, 0.15) is 27.7 Å². The lowest BCUT2D eigenvalue weighted by Gasteiger charge is -2.33. The standard InChI is InChI=1S/C19H19N5O2/c1-14-4-2-5-15(10-14)18(25)23-11-16-6-9-22-24(16)17(12-23)13-26-19-20-7-3-8-21-19/h2-10,17H,11-13H2,1H3/t17-/m0/s1. The molecule has 2 aromatic heterocycles. The Labute approximate surface area is 151 Å². The van der Waals surface area contributed by atoms with Gasteiger partial charge in [-0.2, -0.15) is 5.10 Å². The van der Waals surface area contributed by atoms with Gasteiger partial charge in [0.25, 0.3) is 5.91 Å². The van der Waals surface area contributed by atoms with E-state index in [1.807, 2.05) is 46.8 Å². The Morgan fingerprint density at radius 3 is 2.85 bits per heavy atom. The summed E-state index contributed by atoms with van der Waals surface area (Å²) in [6, 6.07) is 11.6. The lowest BCUT2D eigenvalue weighted by atomic mass is 10.1. The number of ether oxygens (including phenoxy) is 1. The molecule has 1 aliphatic heterocycles. The van der Waals surface area contributed by atoms with Gasteiger partial charge in [0, 0.05) is 30.7 Å². The Morgan fingerprint density at radius 2 is 2.04 bits per heavy atom. The van der Waals surface area contributed by atoms with Crippen LogP contribution in [-0.4, -0.2) is 43.7 Å². The summed E-state index contributed by atoms with van der Waals surface area (Å²) in [6.07, 6.45) is 5.02. The number of hydrogen-bond donors (Lipinski definition) is 0. The lowest BCUT2D eigenvalue weighted by Crippen LogP contribution is -2.43. The van der Waals surface area contributed by atoms with Crippen molar-refractivity contribution in [2.45, 2.75) is 19.5 Å². The van der Waals surface area contributed by atoms with Crippen LogP contribution in [0.5, 0.6) is 6.01 Å². The SMILES string of the molecule is Cc1cccc(C(=O)N2Cc3ccnn3[C@H](COc3ncccn3)C2)c1. The van der Waals surface area contributed by atoms with E-state index in [2.05, 4.69) is 15.1 Å². The zero-order chi connectivity index (χ0) is 17.9. The molecule has 132 valence electrons. The van der Waals surface area contributed by atoms with Crippen molar-refractivity contribution in [1.29, 1.82) is 0 Å². The van der Waals surface area contributed by atoms with Crippen molar-refractivity contribution >= 4 is 5.91 Å². The molecule has 0 N–H and O–H groups in total. The summed E-state index contributed by atoms with van der Waals surface area (Å²) < 4.78 is 7.62. The fourth-order valence-electron chi connectivity index (χ4n) is 3.16. The number of fused-ring (bicyclic) bond motifs is 1. The topological polar surface area (TPSA) is 73.1 Å². The number of aryl methyl sites for hydroxylation is 1. The molecule has 1 atom stereocenters. The minimum atomic E-state index is -0.0914. The molecule has 3 heterocycles. The van der Waals surface area contributed by atoms with Crippen LogP contribution in [-0.2, 0) is 6.54 Å². The predicted octanol–water partition coefficient (Wildman–Crippen LogP) is 2.26. The second-order valence-corrected chi connectivity index (χ2v) is 6.32. The minimum absolute atomic E-state index is 0.0158. The maximum absolute atomic E-state index is 12.9. The molecule has 0 saturated carbocycles. The monoisotopic (exact) mass is 349 g/mol. The molecule has 7 heteroatoms. The van der Waals surface area contributed by atoms with Crippen molar-refractivity contribution in [2.24, 2.45) is 0 Å².